The Bertz CT molecular complexity index is 882. The van der Waals surface area contributed by atoms with Crippen LogP contribution in [-0.2, 0) is 0 Å². The normalized spacial score (nSPS) is 12.1. The lowest BCUT2D eigenvalue weighted by atomic mass is 9.97. The van der Waals surface area contributed by atoms with Crippen LogP contribution >= 0.6 is 0 Å². The molecular weight excluding hydrogens is 356 g/mol. The Morgan fingerprint density at radius 2 is 1.29 bits per heavy atom. The van der Waals surface area contributed by atoms with Gasteiger partial charge in [-0.15, -0.1) is 0 Å². The third-order valence-corrected chi connectivity index (χ3v) is 4.51. The van der Waals surface area contributed by atoms with Crippen molar-refractivity contribution in [1.82, 2.24) is 0 Å². The minimum atomic E-state index is -0.339. The number of oxime groups is 2. The molecule has 0 amide bonds. The number of hydrogen-bond acceptors (Lipinski definition) is 6. The lowest BCUT2D eigenvalue weighted by molar-refractivity contribution is 0.105. The fourth-order valence-electron chi connectivity index (χ4n) is 2.80. The summed E-state index contributed by atoms with van der Waals surface area (Å²) >= 11 is 0. The summed E-state index contributed by atoms with van der Waals surface area (Å²) in [6, 6.07) is 13.9. The molecule has 2 aromatic rings. The van der Waals surface area contributed by atoms with E-state index in [0.29, 0.717) is 17.5 Å². The molecule has 0 heterocycles. The second-order valence-corrected chi connectivity index (χ2v) is 6.50. The Kier molecular flexibility index (Phi) is 7.63. The summed E-state index contributed by atoms with van der Waals surface area (Å²) in [7, 11) is 0. The molecule has 2 N–H and O–H groups in total. The standard InChI is InChI=1S/C22H24N2O4/c1-3-4-5-6-20(24-28)22(26)19-13-9-17(10-14-19)16-7-11-18(12-8-16)21(25)15(2)23-27/h7-14,27-28H,3-6H2,1-2H3. The third-order valence-electron chi connectivity index (χ3n) is 4.51. The van der Waals surface area contributed by atoms with Gasteiger partial charge in [0.1, 0.15) is 11.4 Å². The lowest BCUT2D eigenvalue weighted by Gasteiger charge is -2.07. The maximum absolute atomic E-state index is 12.5. The Balaban J connectivity index is 2.13. The summed E-state index contributed by atoms with van der Waals surface area (Å²) in [5.74, 6) is -0.612. The van der Waals surface area contributed by atoms with E-state index < -0.39 is 0 Å². The lowest BCUT2D eigenvalue weighted by Crippen LogP contribution is -2.14. The van der Waals surface area contributed by atoms with E-state index in [1.807, 2.05) is 12.1 Å². The van der Waals surface area contributed by atoms with Gasteiger partial charge in [-0.25, -0.2) is 0 Å². The van der Waals surface area contributed by atoms with Gasteiger partial charge >= 0.3 is 0 Å². The number of unbranched alkanes of at least 4 members (excludes halogenated alkanes) is 2. The summed E-state index contributed by atoms with van der Waals surface area (Å²) in [5.41, 5.74) is 2.86. The highest BCUT2D eigenvalue weighted by molar-refractivity contribution is 6.46. The number of ketones is 2. The highest BCUT2D eigenvalue weighted by Gasteiger charge is 2.15. The summed E-state index contributed by atoms with van der Waals surface area (Å²) in [4.78, 5) is 24.4. The number of carbonyl (C=O) groups is 2. The maximum atomic E-state index is 12.5. The van der Waals surface area contributed by atoms with Crippen LogP contribution in [0.1, 0.15) is 60.2 Å². The number of rotatable bonds is 9. The van der Waals surface area contributed by atoms with E-state index in [4.69, 9.17) is 10.4 Å². The minimum Gasteiger partial charge on any atom is -0.411 e. The van der Waals surface area contributed by atoms with E-state index >= 15 is 0 Å². The zero-order chi connectivity index (χ0) is 20.5. The van der Waals surface area contributed by atoms with Crippen LogP contribution in [0.5, 0.6) is 0 Å². The van der Waals surface area contributed by atoms with E-state index in [2.05, 4.69) is 17.2 Å². The molecule has 0 fully saturated rings. The number of benzene rings is 2. The van der Waals surface area contributed by atoms with Gasteiger partial charge in [0.05, 0.1) is 0 Å². The van der Waals surface area contributed by atoms with Crippen LogP contribution in [-0.4, -0.2) is 33.4 Å². The van der Waals surface area contributed by atoms with Crippen molar-refractivity contribution in [2.24, 2.45) is 10.3 Å². The molecule has 0 saturated heterocycles. The number of carbonyl (C=O) groups excluding carboxylic acids is 2. The molecule has 0 unspecified atom stereocenters. The second kappa shape index (κ2) is 10.2. The third kappa shape index (κ3) is 5.13. The second-order valence-electron chi connectivity index (χ2n) is 6.50. The molecule has 2 aromatic carbocycles. The predicted octanol–water partition coefficient (Wildman–Crippen LogP) is 4.98. The van der Waals surface area contributed by atoms with Gasteiger partial charge in [-0.1, -0.05) is 78.6 Å². The van der Waals surface area contributed by atoms with Gasteiger partial charge in [0.25, 0.3) is 0 Å². The van der Waals surface area contributed by atoms with E-state index in [9.17, 15) is 9.59 Å². The van der Waals surface area contributed by atoms with Crippen molar-refractivity contribution in [1.29, 1.82) is 0 Å². The zero-order valence-corrected chi connectivity index (χ0v) is 16.1. The molecule has 6 nitrogen and oxygen atoms in total. The monoisotopic (exact) mass is 380 g/mol. The Morgan fingerprint density at radius 3 is 1.71 bits per heavy atom. The summed E-state index contributed by atoms with van der Waals surface area (Å²) in [6.45, 7) is 3.51. The molecule has 0 aliphatic carbocycles. The van der Waals surface area contributed by atoms with Gasteiger partial charge in [0.15, 0.2) is 0 Å². The van der Waals surface area contributed by atoms with E-state index in [1.165, 1.54) is 6.92 Å². The molecule has 146 valence electrons. The average Bonchev–Trinajstić information content (AvgIpc) is 2.75. The summed E-state index contributed by atoms with van der Waals surface area (Å²) < 4.78 is 0. The van der Waals surface area contributed by atoms with Crippen LogP contribution in [0.4, 0.5) is 0 Å². The molecule has 6 heteroatoms. The molecule has 0 spiro atoms. The van der Waals surface area contributed by atoms with Crippen molar-refractivity contribution >= 4 is 23.0 Å². The largest absolute Gasteiger partial charge is 0.411 e. The Labute approximate surface area is 164 Å². The maximum Gasteiger partial charge on any atom is 0.210 e. The van der Waals surface area contributed by atoms with Gasteiger partial charge < -0.3 is 10.4 Å². The molecule has 0 atom stereocenters. The fraction of sp³-hybridized carbons (Fsp3) is 0.273. The SMILES string of the molecule is CCCCCC(=NO)C(=O)c1ccc(-c2ccc(C(=O)C(C)=NO)cc2)cc1. The van der Waals surface area contributed by atoms with Gasteiger partial charge in [0.2, 0.25) is 11.6 Å². The van der Waals surface area contributed by atoms with Gasteiger partial charge in [-0.05, 0) is 30.9 Å². The Hall–Kier alpha value is -3.28. The number of hydrogen-bond donors (Lipinski definition) is 2. The smallest absolute Gasteiger partial charge is 0.210 e. The first-order valence-corrected chi connectivity index (χ1v) is 9.21. The van der Waals surface area contributed by atoms with E-state index in [1.54, 1.807) is 36.4 Å². The summed E-state index contributed by atoms with van der Waals surface area (Å²) in [6.07, 6.45) is 3.27. The first kappa shape index (κ1) is 21.0. The van der Waals surface area contributed by atoms with Crippen LogP contribution in [0.25, 0.3) is 11.1 Å². The van der Waals surface area contributed by atoms with Crippen molar-refractivity contribution in [2.45, 2.75) is 39.5 Å². The molecule has 0 bridgehead atoms. The molecule has 0 radical (unpaired) electrons. The van der Waals surface area contributed by atoms with Crippen LogP contribution in [0, 0.1) is 0 Å². The quantitative estimate of drug-likeness (QED) is 0.211. The highest BCUT2D eigenvalue weighted by atomic mass is 16.4. The van der Waals surface area contributed by atoms with Crippen LogP contribution in [0.2, 0.25) is 0 Å². The van der Waals surface area contributed by atoms with Crippen LogP contribution in [0.3, 0.4) is 0 Å². The van der Waals surface area contributed by atoms with Gasteiger partial charge in [-0.2, -0.15) is 0 Å². The summed E-state index contributed by atoms with van der Waals surface area (Å²) in [5, 5.41) is 23.9. The van der Waals surface area contributed by atoms with Gasteiger partial charge in [0, 0.05) is 11.1 Å². The molecule has 2 rings (SSSR count). The first-order chi connectivity index (χ1) is 13.5. The van der Waals surface area contributed by atoms with E-state index in [0.717, 1.165) is 30.4 Å². The van der Waals surface area contributed by atoms with Crippen molar-refractivity contribution in [3.63, 3.8) is 0 Å². The minimum absolute atomic E-state index is 0.0240. The van der Waals surface area contributed by atoms with E-state index in [-0.39, 0.29) is 23.0 Å². The van der Waals surface area contributed by atoms with Crippen LogP contribution < -0.4 is 0 Å². The molecular formula is C22H24N2O4. The molecule has 0 aromatic heterocycles. The van der Waals surface area contributed by atoms with Crippen LogP contribution in [0.15, 0.2) is 58.8 Å². The number of nitrogens with zero attached hydrogens (tertiary/aromatic N) is 2. The molecule has 0 aliphatic heterocycles. The van der Waals surface area contributed by atoms with Crippen molar-refractivity contribution in [2.75, 3.05) is 0 Å². The fourth-order valence-corrected chi connectivity index (χ4v) is 2.80. The average molecular weight is 380 g/mol. The molecule has 0 aliphatic rings. The first-order valence-electron chi connectivity index (χ1n) is 9.21. The van der Waals surface area contributed by atoms with Crippen molar-refractivity contribution in [3.8, 4) is 11.1 Å². The molecule has 0 saturated carbocycles. The molecule has 28 heavy (non-hydrogen) atoms. The van der Waals surface area contributed by atoms with Crippen molar-refractivity contribution < 1.29 is 20.0 Å². The highest BCUT2D eigenvalue weighted by Crippen LogP contribution is 2.21. The predicted molar refractivity (Wildman–Crippen MR) is 109 cm³/mol. The van der Waals surface area contributed by atoms with Crippen molar-refractivity contribution in [3.05, 3.63) is 59.7 Å². The van der Waals surface area contributed by atoms with Gasteiger partial charge in [-0.3, -0.25) is 9.59 Å². The zero-order valence-electron chi connectivity index (χ0n) is 16.1. The Morgan fingerprint density at radius 1 is 0.786 bits per heavy atom. The topological polar surface area (TPSA) is 99.3 Å². The number of Topliss-reactive ketones (excluding diaryl/α,β-unsaturated/α-hetero) is 2.